The first kappa shape index (κ1) is 17.8. The normalized spacial score (nSPS) is 19.7. The monoisotopic (exact) mass is 299 g/mol. The van der Waals surface area contributed by atoms with Crippen LogP contribution in [0.25, 0.3) is 0 Å². The van der Waals surface area contributed by atoms with Gasteiger partial charge in [-0.3, -0.25) is 4.79 Å². The lowest BCUT2D eigenvalue weighted by Crippen LogP contribution is -2.51. The Morgan fingerprint density at radius 3 is 2.57 bits per heavy atom. The predicted octanol–water partition coefficient (Wildman–Crippen LogP) is 1.61. The summed E-state index contributed by atoms with van der Waals surface area (Å²) in [7, 11) is 4.02. The van der Waals surface area contributed by atoms with Gasteiger partial charge in [0.1, 0.15) is 0 Å². The largest absolute Gasteiger partial charge is 0.481 e. The molecule has 1 atom stereocenters. The molecular weight excluding hydrogens is 270 g/mol. The lowest BCUT2D eigenvalue weighted by molar-refractivity contribution is -0.138. The average Bonchev–Trinajstić information content (AvgIpc) is 2.34. The Bertz CT molecular complexity index is 369. The van der Waals surface area contributed by atoms with Crippen molar-refractivity contribution in [3.63, 3.8) is 0 Å². The number of carboxylic acids is 1. The first-order chi connectivity index (χ1) is 9.71. The minimum atomic E-state index is -0.840. The zero-order valence-corrected chi connectivity index (χ0v) is 13.7. The Hall–Kier alpha value is -1.30. The van der Waals surface area contributed by atoms with Gasteiger partial charge in [-0.1, -0.05) is 13.8 Å². The Morgan fingerprint density at radius 2 is 2.00 bits per heavy atom. The van der Waals surface area contributed by atoms with E-state index in [4.69, 9.17) is 5.11 Å². The highest BCUT2D eigenvalue weighted by atomic mass is 16.4. The van der Waals surface area contributed by atoms with Crippen LogP contribution in [0.3, 0.4) is 0 Å². The minimum absolute atomic E-state index is 0.0166. The highest BCUT2D eigenvalue weighted by Gasteiger charge is 2.29. The Morgan fingerprint density at radius 1 is 1.33 bits per heavy atom. The highest BCUT2D eigenvalue weighted by Crippen LogP contribution is 2.20. The molecule has 1 heterocycles. The van der Waals surface area contributed by atoms with Crippen molar-refractivity contribution in [1.82, 2.24) is 15.1 Å². The van der Waals surface area contributed by atoms with E-state index < -0.39 is 5.97 Å². The molecule has 21 heavy (non-hydrogen) atoms. The number of carbonyl (C=O) groups excluding carboxylic acids is 1. The summed E-state index contributed by atoms with van der Waals surface area (Å²) >= 11 is 0. The van der Waals surface area contributed by atoms with E-state index >= 15 is 0 Å². The molecule has 0 aromatic carbocycles. The number of hydrogen-bond donors (Lipinski definition) is 2. The quantitative estimate of drug-likeness (QED) is 0.781. The Kier molecular flexibility index (Phi) is 6.45. The third kappa shape index (κ3) is 6.33. The van der Waals surface area contributed by atoms with Crippen LogP contribution < -0.4 is 5.32 Å². The van der Waals surface area contributed by atoms with Gasteiger partial charge in [0.05, 0.1) is 6.42 Å². The van der Waals surface area contributed by atoms with Crippen molar-refractivity contribution in [2.75, 3.05) is 33.7 Å². The molecule has 0 spiro atoms. The van der Waals surface area contributed by atoms with Crippen LogP contribution >= 0.6 is 0 Å². The molecule has 1 fully saturated rings. The van der Waals surface area contributed by atoms with E-state index in [1.165, 1.54) is 0 Å². The topological polar surface area (TPSA) is 72.9 Å². The number of likely N-dealkylation sites (tertiary alicyclic amines) is 1. The number of rotatable bonds is 6. The molecule has 1 unspecified atom stereocenters. The Balaban J connectivity index is 2.54. The van der Waals surface area contributed by atoms with Gasteiger partial charge in [0.15, 0.2) is 0 Å². The SMILES string of the molecule is CN(C)CC(C)(C)CNC(=O)N1CCCCC1CC(=O)O. The molecule has 0 bridgehead atoms. The predicted molar refractivity (Wildman–Crippen MR) is 82.3 cm³/mol. The summed E-state index contributed by atoms with van der Waals surface area (Å²) in [6.45, 7) is 6.33. The van der Waals surface area contributed by atoms with Gasteiger partial charge in [0.25, 0.3) is 0 Å². The zero-order chi connectivity index (χ0) is 16.0. The molecule has 0 aromatic heterocycles. The van der Waals surface area contributed by atoms with Crippen molar-refractivity contribution in [3.8, 4) is 0 Å². The van der Waals surface area contributed by atoms with Gasteiger partial charge >= 0.3 is 12.0 Å². The summed E-state index contributed by atoms with van der Waals surface area (Å²) in [5, 5.41) is 11.9. The number of urea groups is 1. The summed E-state index contributed by atoms with van der Waals surface area (Å²) in [6.07, 6.45) is 2.76. The van der Waals surface area contributed by atoms with Gasteiger partial charge < -0.3 is 20.2 Å². The fourth-order valence-electron chi connectivity index (χ4n) is 3.01. The first-order valence-corrected chi connectivity index (χ1v) is 7.62. The van der Waals surface area contributed by atoms with Crippen molar-refractivity contribution in [3.05, 3.63) is 0 Å². The first-order valence-electron chi connectivity index (χ1n) is 7.62. The molecule has 122 valence electrons. The summed E-state index contributed by atoms with van der Waals surface area (Å²) < 4.78 is 0. The second-order valence-corrected chi connectivity index (χ2v) is 7.00. The Labute approximate surface area is 127 Å². The molecule has 0 radical (unpaired) electrons. The second kappa shape index (κ2) is 7.64. The number of carboxylic acid groups (broad SMARTS) is 1. The van der Waals surface area contributed by atoms with Crippen LogP contribution in [0.5, 0.6) is 0 Å². The second-order valence-electron chi connectivity index (χ2n) is 7.00. The van der Waals surface area contributed by atoms with Crippen molar-refractivity contribution >= 4 is 12.0 Å². The molecule has 2 N–H and O–H groups in total. The molecule has 6 nitrogen and oxygen atoms in total. The van der Waals surface area contributed by atoms with E-state index in [-0.39, 0.29) is 23.9 Å². The molecule has 0 aromatic rings. The van der Waals surface area contributed by atoms with Gasteiger partial charge in [-0.05, 0) is 38.8 Å². The number of carbonyl (C=O) groups is 2. The van der Waals surface area contributed by atoms with Crippen LogP contribution in [0.15, 0.2) is 0 Å². The number of amides is 2. The summed E-state index contributed by atoms with van der Waals surface area (Å²) in [5.41, 5.74) is -0.0166. The number of aliphatic carboxylic acids is 1. The number of hydrogen-bond acceptors (Lipinski definition) is 3. The summed E-state index contributed by atoms with van der Waals surface area (Å²) in [4.78, 5) is 27.0. The smallest absolute Gasteiger partial charge is 0.317 e. The van der Waals surface area contributed by atoms with E-state index in [1.807, 2.05) is 14.1 Å². The van der Waals surface area contributed by atoms with E-state index in [0.717, 1.165) is 25.8 Å². The zero-order valence-electron chi connectivity index (χ0n) is 13.7. The van der Waals surface area contributed by atoms with Gasteiger partial charge in [-0.2, -0.15) is 0 Å². The maximum absolute atomic E-state index is 12.3. The molecular formula is C15H29N3O3. The fourth-order valence-corrected chi connectivity index (χ4v) is 3.01. The van der Waals surface area contributed by atoms with Crippen molar-refractivity contribution in [2.45, 2.75) is 45.6 Å². The van der Waals surface area contributed by atoms with Crippen molar-refractivity contribution < 1.29 is 14.7 Å². The van der Waals surface area contributed by atoms with Crippen LogP contribution in [-0.4, -0.2) is 66.7 Å². The number of nitrogens with zero attached hydrogens (tertiary/aromatic N) is 2. The van der Waals surface area contributed by atoms with Crippen LogP contribution in [0.1, 0.15) is 39.5 Å². The standard InChI is InChI=1S/C15H29N3O3/c1-15(2,11-17(3)4)10-16-14(21)18-8-6-5-7-12(18)9-13(19)20/h12H,5-11H2,1-4H3,(H,16,21)(H,19,20). The van der Waals surface area contributed by atoms with E-state index in [1.54, 1.807) is 4.90 Å². The molecule has 6 heteroatoms. The van der Waals surface area contributed by atoms with Gasteiger partial charge in [0.2, 0.25) is 0 Å². The van der Waals surface area contributed by atoms with E-state index in [9.17, 15) is 9.59 Å². The van der Waals surface area contributed by atoms with Crippen molar-refractivity contribution in [2.24, 2.45) is 5.41 Å². The lowest BCUT2D eigenvalue weighted by atomic mass is 9.93. The van der Waals surface area contributed by atoms with Gasteiger partial charge in [0, 0.05) is 25.7 Å². The van der Waals surface area contributed by atoms with Gasteiger partial charge in [-0.15, -0.1) is 0 Å². The third-order valence-corrected chi connectivity index (χ3v) is 3.76. The number of nitrogens with one attached hydrogen (secondary N) is 1. The summed E-state index contributed by atoms with van der Waals surface area (Å²) in [6, 6.07) is -0.305. The van der Waals surface area contributed by atoms with Crippen LogP contribution in [0.4, 0.5) is 4.79 Å². The molecule has 1 rings (SSSR count). The van der Waals surface area contributed by atoms with Crippen LogP contribution in [-0.2, 0) is 4.79 Å². The molecule has 0 aliphatic carbocycles. The van der Waals surface area contributed by atoms with Crippen LogP contribution in [0.2, 0.25) is 0 Å². The van der Waals surface area contributed by atoms with Crippen molar-refractivity contribution in [1.29, 1.82) is 0 Å². The van der Waals surface area contributed by atoms with E-state index in [2.05, 4.69) is 24.1 Å². The molecule has 1 aliphatic heterocycles. The van der Waals surface area contributed by atoms with E-state index in [0.29, 0.717) is 13.1 Å². The maximum atomic E-state index is 12.3. The highest BCUT2D eigenvalue weighted by molar-refractivity contribution is 5.76. The molecule has 1 aliphatic rings. The fraction of sp³-hybridized carbons (Fsp3) is 0.867. The molecule has 1 saturated heterocycles. The van der Waals surface area contributed by atoms with Crippen LogP contribution in [0, 0.1) is 5.41 Å². The van der Waals surface area contributed by atoms with Gasteiger partial charge in [-0.25, -0.2) is 4.79 Å². The maximum Gasteiger partial charge on any atom is 0.317 e. The third-order valence-electron chi connectivity index (χ3n) is 3.76. The molecule has 0 saturated carbocycles. The average molecular weight is 299 g/mol. The lowest BCUT2D eigenvalue weighted by Gasteiger charge is -2.36. The number of piperidine rings is 1. The molecule has 2 amide bonds. The minimum Gasteiger partial charge on any atom is -0.481 e. The summed E-state index contributed by atoms with van der Waals surface area (Å²) in [5.74, 6) is -0.840.